The molecule has 1 atom stereocenters. The van der Waals surface area contributed by atoms with E-state index in [-0.39, 0.29) is 11.2 Å². The number of anilines is 1. The van der Waals surface area contributed by atoms with Crippen molar-refractivity contribution in [1.82, 2.24) is 10.2 Å². The monoisotopic (exact) mass is 259 g/mol. The van der Waals surface area contributed by atoms with Gasteiger partial charge in [0, 0.05) is 0 Å². The molecule has 1 aromatic rings. The van der Waals surface area contributed by atoms with Gasteiger partial charge in [-0.3, -0.25) is 10.1 Å². The van der Waals surface area contributed by atoms with Crippen molar-refractivity contribution in [3.8, 4) is 0 Å². The molecule has 90 valence electrons. The first-order valence-corrected chi connectivity index (χ1v) is 7.22. The molecule has 1 unspecified atom stereocenters. The van der Waals surface area contributed by atoms with Crippen molar-refractivity contribution in [2.45, 2.75) is 38.9 Å². The predicted molar refractivity (Wildman–Crippen MR) is 70.1 cm³/mol. The van der Waals surface area contributed by atoms with Gasteiger partial charge in [0.1, 0.15) is 5.01 Å². The Morgan fingerprint density at radius 1 is 1.56 bits per heavy atom. The van der Waals surface area contributed by atoms with Gasteiger partial charge in [0.2, 0.25) is 11.0 Å². The first kappa shape index (κ1) is 13.4. The molecular formula is C10H17N3OS2. The Morgan fingerprint density at radius 3 is 2.88 bits per heavy atom. The highest BCUT2D eigenvalue weighted by atomic mass is 32.2. The number of carbonyl (C=O) groups excluding carboxylic acids is 1. The number of aromatic nitrogens is 2. The summed E-state index contributed by atoms with van der Waals surface area (Å²) in [6, 6.07) is 0. The predicted octanol–water partition coefficient (Wildman–Crippen LogP) is 2.71. The van der Waals surface area contributed by atoms with Gasteiger partial charge in [-0.05, 0) is 26.0 Å². The molecule has 0 saturated heterocycles. The summed E-state index contributed by atoms with van der Waals surface area (Å²) in [6.07, 6.45) is 2.32. The van der Waals surface area contributed by atoms with Crippen molar-refractivity contribution in [3.05, 3.63) is 5.01 Å². The minimum atomic E-state index is -0.0317. The van der Waals surface area contributed by atoms with Gasteiger partial charge in [0.25, 0.3) is 0 Å². The van der Waals surface area contributed by atoms with E-state index in [1.807, 2.05) is 13.8 Å². The van der Waals surface area contributed by atoms with Crippen LogP contribution in [-0.4, -0.2) is 27.1 Å². The van der Waals surface area contributed by atoms with E-state index in [1.165, 1.54) is 11.3 Å². The Balaban J connectivity index is 2.34. The topological polar surface area (TPSA) is 54.9 Å². The lowest BCUT2D eigenvalue weighted by Gasteiger charge is -2.09. The molecular weight excluding hydrogens is 242 g/mol. The first-order chi connectivity index (χ1) is 7.63. The van der Waals surface area contributed by atoms with E-state index in [0.717, 1.165) is 23.6 Å². The summed E-state index contributed by atoms with van der Waals surface area (Å²) in [6.45, 7) is 5.94. The van der Waals surface area contributed by atoms with Gasteiger partial charge in [-0.1, -0.05) is 24.7 Å². The molecule has 0 fully saturated rings. The van der Waals surface area contributed by atoms with Gasteiger partial charge >= 0.3 is 0 Å². The second-order valence-corrected chi connectivity index (χ2v) is 6.11. The summed E-state index contributed by atoms with van der Waals surface area (Å²) in [5.74, 6) is 1.04. The maximum absolute atomic E-state index is 11.7. The van der Waals surface area contributed by atoms with E-state index >= 15 is 0 Å². The number of amides is 1. The SMILES string of the molecule is CCCCSC(C)C(=O)Nc1nnc(C)s1. The zero-order chi connectivity index (χ0) is 12.0. The molecule has 0 aliphatic rings. The molecule has 1 heterocycles. The number of hydrogen-bond donors (Lipinski definition) is 1. The largest absolute Gasteiger partial charge is 0.300 e. The fourth-order valence-corrected chi connectivity index (χ4v) is 2.65. The minimum Gasteiger partial charge on any atom is -0.300 e. The third kappa shape index (κ3) is 4.49. The van der Waals surface area contributed by atoms with Crippen LogP contribution in [0, 0.1) is 6.92 Å². The van der Waals surface area contributed by atoms with Crippen molar-refractivity contribution >= 4 is 34.1 Å². The van der Waals surface area contributed by atoms with Gasteiger partial charge in [-0.15, -0.1) is 22.0 Å². The average Bonchev–Trinajstić information content (AvgIpc) is 2.64. The quantitative estimate of drug-likeness (QED) is 0.798. The van der Waals surface area contributed by atoms with Crippen molar-refractivity contribution in [3.63, 3.8) is 0 Å². The summed E-state index contributed by atoms with van der Waals surface area (Å²) >= 11 is 3.08. The van der Waals surface area contributed by atoms with Crippen molar-refractivity contribution in [1.29, 1.82) is 0 Å². The molecule has 1 N–H and O–H groups in total. The highest BCUT2D eigenvalue weighted by Gasteiger charge is 2.14. The zero-order valence-electron chi connectivity index (χ0n) is 9.82. The normalized spacial score (nSPS) is 12.4. The van der Waals surface area contributed by atoms with E-state index in [1.54, 1.807) is 11.8 Å². The number of aryl methyl sites for hydroxylation is 1. The lowest BCUT2D eigenvalue weighted by atomic mass is 10.4. The molecule has 1 amide bonds. The molecule has 6 heteroatoms. The molecule has 0 spiro atoms. The third-order valence-electron chi connectivity index (χ3n) is 1.99. The first-order valence-electron chi connectivity index (χ1n) is 5.36. The van der Waals surface area contributed by atoms with Crippen LogP contribution in [0.1, 0.15) is 31.7 Å². The lowest BCUT2D eigenvalue weighted by molar-refractivity contribution is -0.115. The van der Waals surface area contributed by atoms with E-state index in [4.69, 9.17) is 0 Å². The minimum absolute atomic E-state index is 0.0113. The van der Waals surface area contributed by atoms with E-state index < -0.39 is 0 Å². The smallest absolute Gasteiger partial charge is 0.239 e. The standard InChI is InChI=1S/C10H17N3OS2/c1-4-5-6-15-7(2)9(14)11-10-13-12-8(3)16-10/h7H,4-6H2,1-3H3,(H,11,13,14). The van der Waals surface area contributed by atoms with Crippen LogP contribution < -0.4 is 5.32 Å². The van der Waals surface area contributed by atoms with Gasteiger partial charge in [-0.25, -0.2) is 0 Å². The summed E-state index contributed by atoms with van der Waals surface area (Å²) in [5, 5.41) is 11.9. The molecule has 1 rings (SSSR count). The van der Waals surface area contributed by atoms with Crippen LogP contribution in [0.25, 0.3) is 0 Å². The van der Waals surface area contributed by atoms with Crippen molar-refractivity contribution in [2.75, 3.05) is 11.1 Å². The highest BCUT2D eigenvalue weighted by Crippen LogP contribution is 2.17. The number of thioether (sulfide) groups is 1. The Hall–Kier alpha value is -0.620. The fraction of sp³-hybridized carbons (Fsp3) is 0.700. The molecule has 4 nitrogen and oxygen atoms in total. The van der Waals surface area contributed by atoms with Crippen LogP contribution in [0.2, 0.25) is 0 Å². The summed E-state index contributed by atoms with van der Waals surface area (Å²) in [4.78, 5) is 11.7. The summed E-state index contributed by atoms with van der Waals surface area (Å²) < 4.78 is 0. The van der Waals surface area contributed by atoms with E-state index in [0.29, 0.717) is 5.13 Å². The number of rotatable bonds is 6. The molecule has 0 aromatic carbocycles. The zero-order valence-corrected chi connectivity index (χ0v) is 11.5. The molecule has 0 radical (unpaired) electrons. The summed E-state index contributed by atoms with van der Waals surface area (Å²) in [5.41, 5.74) is 0. The molecule has 1 aromatic heterocycles. The number of hydrogen-bond acceptors (Lipinski definition) is 5. The maximum atomic E-state index is 11.7. The van der Waals surface area contributed by atoms with Crippen molar-refractivity contribution < 1.29 is 4.79 Å². The molecule has 16 heavy (non-hydrogen) atoms. The molecule has 0 bridgehead atoms. The third-order valence-corrected chi connectivity index (χ3v) is 3.98. The van der Waals surface area contributed by atoms with Crippen LogP contribution in [0.3, 0.4) is 0 Å². The van der Waals surface area contributed by atoms with Gasteiger partial charge < -0.3 is 0 Å². The number of nitrogens with one attached hydrogen (secondary N) is 1. The van der Waals surface area contributed by atoms with Gasteiger partial charge in [0.15, 0.2) is 0 Å². The molecule has 0 aliphatic carbocycles. The number of unbranched alkanes of at least 4 members (excludes halogenated alkanes) is 1. The Bertz CT molecular complexity index is 341. The Morgan fingerprint density at radius 2 is 2.31 bits per heavy atom. The van der Waals surface area contributed by atoms with Crippen LogP contribution >= 0.6 is 23.1 Å². The molecule has 0 saturated carbocycles. The van der Waals surface area contributed by atoms with E-state index in [2.05, 4.69) is 22.4 Å². The second-order valence-electron chi connectivity index (χ2n) is 3.48. The Kier molecular flexibility index (Phi) is 5.76. The number of nitrogens with zero attached hydrogens (tertiary/aromatic N) is 2. The Labute approximate surface area is 104 Å². The molecule has 0 aliphatic heterocycles. The lowest BCUT2D eigenvalue weighted by Crippen LogP contribution is -2.22. The van der Waals surface area contributed by atoms with Crippen LogP contribution in [-0.2, 0) is 4.79 Å². The maximum Gasteiger partial charge on any atom is 0.239 e. The highest BCUT2D eigenvalue weighted by molar-refractivity contribution is 8.00. The van der Waals surface area contributed by atoms with Crippen molar-refractivity contribution in [2.24, 2.45) is 0 Å². The fourth-order valence-electron chi connectivity index (χ4n) is 1.03. The van der Waals surface area contributed by atoms with Crippen LogP contribution in [0.4, 0.5) is 5.13 Å². The van der Waals surface area contributed by atoms with Crippen LogP contribution in [0.5, 0.6) is 0 Å². The average molecular weight is 259 g/mol. The van der Waals surface area contributed by atoms with E-state index in [9.17, 15) is 4.79 Å². The number of carbonyl (C=O) groups is 1. The summed E-state index contributed by atoms with van der Waals surface area (Å²) in [7, 11) is 0. The van der Waals surface area contributed by atoms with Crippen LogP contribution in [0.15, 0.2) is 0 Å². The second kappa shape index (κ2) is 6.85. The van der Waals surface area contributed by atoms with Gasteiger partial charge in [-0.2, -0.15) is 0 Å². The van der Waals surface area contributed by atoms with Gasteiger partial charge in [0.05, 0.1) is 5.25 Å².